The molecule has 0 aliphatic carbocycles. The normalized spacial score (nSPS) is 25.6. The summed E-state index contributed by atoms with van der Waals surface area (Å²) in [5.74, 6) is 0.434. The minimum Gasteiger partial charge on any atom is -0.392 e. The zero-order chi connectivity index (χ0) is 20.8. The van der Waals surface area contributed by atoms with Gasteiger partial charge in [-0.05, 0) is 50.2 Å². The molecule has 30 heavy (non-hydrogen) atoms. The maximum Gasteiger partial charge on any atom is 0.226 e. The number of hydrogen-bond acceptors (Lipinski definition) is 5. The Morgan fingerprint density at radius 2 is 2.10 bits per heavy atom. The monoisotopic (exact) mass is 418 g/mol. The summed E-state index contributed by atoms with van der Waals surface area (Å²) in [7, 11) is 0. The highest BCUT2D eigenvalue weighted by molar-refractivity contribution is 6.01. The van der Waals surface area contributed by atoms with Crippen LogP contribution < -0.4 is 5.32 Å². The molecule has 0 aromatic heterocycles. The molecule has 1 N–H and O–H groups in total. The lowest BCUT2D eigenvalue weighted by molar-refractivity contribution is -0.140. The Balaban J connectivity index is 1.31. The summed E-state index contributed by atoms with van der Waals surface area (Å²) in [6, 6.07) is 6.39. The van der Waals surface area contributed by atoms with Crippen molar-refractivity contribution in [2.24, 2.45) is 16.5 Å². The molecule has 0 saturated carbocycles. The van der Waals surface area contributed by atoms with E-state index >= 15 is 0 Å². The van der Waals surface area contributed by atoms with Gasteiger partial charge in [-0.1, -0.05) is 17.3 Å². The number of rotatable bonds is 8. The Bertz CT molecular complexity index is 757. The standard InChI is InChI=1S/C23H31FN2O4/c24-19-5-1-4-18(13-19)21-14-20(30-26-21)15-23(7-11-28-12-8-23)22(27)25-9-2-3-17-6-10-29-16-17/h1,4-5,13,17,20H,2-3,6-12,14-16H2,(H,25,27)/t17-,20-/m1/s1. The van der Waals surface area contributed by atoms with Crippen LogP contribution in [0.2, 0.25) is 0 Å². The number of nitrogens with zero attached hydrogens (tertiary/aromatic N) is 1. The molecule has 3 heterocycles. The molecule has 4 rings (SSSR count). The number of hydrogen-bond donors (Lipinski definition) is 1. The Labute approximate surface area is 177 Å². The van der Waals surface area contributed by atoms with Crippen molar-refractivity contribution in [1.82, 2.24) is 5.32 Å². The Morgan fingerprint density at radius 1 is 1.23 bits per heavy atom. The van der Waals surface area contributed by atoms with Crippen LogP contribution in [0.15, 0.2) is 29.4 Å². The smallest absolute Gasteiger partial charge is 0.226 e. The summed E-state index contributed by atoms with van der Waals surface area (Å²) < 4.78 is 24.5. The number of nitrogens with one attached hydrogen (secondary N) is 1. The van der Waals surface area contributed by atoms with Crippen LogP contribution in [-0.2, 0) is 19.1 Å². The molecule has 0 bridgehead atoms. The fourth-order valence-corrected chi connectivity index (χ4v) is 4.69. The zero-order valence-electron chi connectivity index (χ0n) is 17.4. The third-order valence-corrected chi connectivity index (χ3v) is 6.54. The van der Waals surface area contributed by atoms with Gasteiger partial charge in [0.1, 0.15) is 11.9 Å². The molecule has 164 valence electrons. The van der Waals surface area contributed by atoms with E-state index in [0.717, 1.165) is 43.8 Å². The Morgan fingerprint density at radius 3 is 2.87 bits per heavy atom. The van der Waals surface area contributed by atoms with Crippen LogP contribution in [0.4, 0.5) is 4.39 Å². The minimum atomic E-state index is -0.494. The third kappa shape index (κ3) is 5.19. The molecule has 0 spiro atoms. The lowest BCUT2D eigenvalue weighted by Gasteiger charge is -2.37. The van der Waals surface area contributed by atoms with Crippen molar-refractivity contribution in [2.45, 2.75) is 51.0 Å². The van der Waals surface area contributed by atoms with E-state index in [0.29, 0.717) is 51.4 Å². The van der Waals surface area contributed by atoms with E-state index in [2.05, 4.69) is 10.5 Å². The predicted octanol–water partition coefficient (Wildman–Crippen LogP) is 3.44. The summed E-state index contributed by atoms with van der Waals surface area (Å²) >= 11 is 0. The van der Waals surface area contributed by atoms with E-state index in [1.165, 1.54) is 12.1 Å². The number of oxime groups is 1. The van der Waals surface area contributed by atoms with E-state index < -0.39 is 5.41 Å². The summed E-state index contributed by atoms with van der Waals surface area (Å²) in [6.45, 7) is 3.56. The molecular weight excluding hydrogens is 387 g/mol. The van der Waals surface area contributed by atoms with Crippen molar-refractivity contribution < 1.29 is 23.5 Å². The first kappa shape index (κ1) is 21.2. The van der Waals surface area contributed by atoms with Crippen LogP contribution in [0.25, 0.3) is 0 Å². The number of benzene rings is 1. The van der Waals surface area contributed by atoms with Crippen molar-refractivity contribution in [2.75, 3.05) is 33.0 Å². The average molecular weight is 419 g/mol. The topological polar surface area (TPSA) is 69.2 Å². The van der Waals surface area contributed by atoms with Gasteiger partial charge in [-0.25, -0.2) is 4.39 Å². The lowest BCUT2D eigenvalue weighted by Crippen LogP contribution is -2.46. The van der Waals surface area contributed by atoms with Crippen LogP contribution in [0.1, 0.15) is 50.5 Å². The minimum absolute atomic E-state index is 0.0938. The first-order chi connectivity index (χ1) is 14.6. The fraction of sp³-hybridized carbons (Fsp3) is 0.652. The summed E-state index contributed by atoms with van der Waals surface area (Å²) in [6.07, 6.45) is 5.56. The van der Waals surface area contributed by atoms with E-state index in [9.17, 15) is 9.18 Å². The molecule has 1 amide bonds. The first-order valence-corrected chi connectivity index (χ1v) is 11.1. The number of halogens is 1. The quantitative estimate of drug-likeness (QED) is 0.657. The van der Waals surface area contributed by atoms with Crippen LogP contribution >= 0.6 is 0 Å². The summed E-state index contributed by atoms with van der Waals surface area (Å²) in [5, 5.41) is 7.34. The zero-order valence-corrected chi connectivity index (χ0v) is 17.4. The van der Waals surface area contributed by atoms with Crippen molar-refractivity contribution in [3.05, 3.63) is 35.6 Å². The molecule has 2 saturated heterocycles. The lowest BCUT2D eigenvalue weighted by atomic mass is 9.74. The summed E-state index contributed by atoms with van der Waals surface area (Å²) in [5.41, 5.74) is 0.978. The van der Waals surface area contributed by atoms with E-state index in [1.54, 1.807) is 6.07 Å². The number of amides is 1. The van der Waals surface area contributed by atoms with Gasteiger partial charge in [-0.3, -0.25) is 4.79 Å². The van der Waals surface area contributed by atoms with E-state index in [1.807, 2.05) is 6.07 Å². The molecule has 2 fully saturated rings. The highest BCUT2D eigenvalue weighted by Gasteiger charge is 2.43. The Kier molecular flexibility index (Phi) is 7.00. The highest BCUT2D eigenvalue weighted by Crippen LogP contribution is 2.38. The second-order valence-electron chi connectivity index (χ2n) is 8.70. The van der Waals surface area contributed by atoms with Gasteiger partial charge in [-0.15, -0.1) is 0 Å². The summed E-state index contributed by atoms with van der Waals surface area (Å²) in [4.78, 5) is 18.8. The molecule has 1 aromatic rings. The molecule has 0 radical (unpaired) electrons. The van der Waals surface area contributed by atoms with Crippen LogP contribution in [-0.4, -0.2) is 50.7 Å². The molecule has 7 heteroatoms. The Hall–Kier alpha value is -1.99. The maximum absolute atomic E-state index is 13.5. The molecule has 1 aromatic carbocycles. The first-order valence-electron chi connectivity index (χ1n) is 11.1. The van der Waals surface area contributed by atoms with Crippen LogP contribution in [0.5, 0.6) is 0 Å². The number of carbonyl (C=O) groups excluding carboxylic acids is 1. The van der Waals surface area contributed by atoms with Crippen LogP contribution in [0, 0.1) is 17.2 Å². The van der Waals surface area contributed by atoms with Crippen molar-refractivity contribution in [1.29, 1.82) is 0 Å². The predicted molar refractivity (Wildman–Crippen MR) is 111 cm³/mol. The van der Waals surface area contributed by atoms with Gasteiger partial charge >= 0.3 is 0 Å². The van der Waals surface area contributed by atoms with Gasteiger partial charge in [0.25, 0.3) is 0 Å². The molecule has 2 atom stereocenters. The van der Waals surface area contributed by atoms with Crippen molar-refractivity contribution in [3.63, 3.8) is 0 Å². The van der Waals surface area contributed by atoms with Gasteiger partial charge in [0, 0.05) is 51.4 Å². The highest BCUT2D eigenvalue weighted by atomic mass is 19.1. The largest absolute Gasteiger partial charge is 0.392 e. The van der Waals surface area contributed by atoms with Crippen LogP contribution in [0.3, 0.4) is 0 Å². The van der Waals surface area contributed by atoms with Crippen molar-refractivity contribution >= 4 is 11.6 Å². The third-order valence-electron chi connectivity index (χ3n) is 6.54. The maximum atomic E-state index is 13.5. The average Bonchev–Trinajstić information content (AvgIpc) is 3.44. The van der Waals surface area contributed by atoms with Gasteiger partial charge in [0.2, 0.25) is 5.91 Å². The molecule has 6 nitrogen and oxygen atoms in total. The second kappa shape index (κ2) is 9.88. The number of carbonyl (C=O) groups is 1. The van der Waals surface area contributed by atoms with Gasteiger partial charge in [-0.2, -0.15) is 0 Å². The van der Waals surface area contributed by atoms with Gasteiger partial charge in [0.15, 0.2) is 0 Å². The molecule has 0 unspecified atom stereocenters. The van der Waals surface area contributed by atoms with Gasteiger partial charge in [0.05, 0.1) is 11.1 Å². The van der Waals surface area contributed by atoms with E-state index in [4.69, 9.17) is 14.3 Å². The van der Waals surface area contributed by atoms with Gasteiger partial charge < -0.3 is 19.6 Å². The SMILES string of the molecule is O=C(NCCC[C@@H]1CCOC1)C1(C[C@H]2CC(c3cccc(F)c3)=NO2)CCOCC1. The van der Waals surface area contributed by atoms with Crippen molar-refractivity contribution in [3.8, 4) is 0 Å². The second-order valence-corrected chi connectivity index (χ2v) is 8.70. The number of ether oxygens (including phenoxy) is 2. The molecule has 3 aliphatic heterocycles. The fourth-order valence-electron chi connectivity index (χ4n) is 4.69. The molecular formula is C23H31FN2O4. The molecule has 3 aliphatic rings. The van der Waals surface area contributed by atoms with E-state index in [-0.39, 0.29) is 17.8 Å².